The molecule has 5 heteroatoms. The lowest BCUT2D eigenvalue weighted by Gasteiger charge is -2.13. The molecule has 1 atom stereocenters. The van der Waals surface area contributed by atoms with Crippen molar-refractivity contribution in [2.45, 2.75) is 32.4 Å². The standard InChI is InChI=1S/C9H17F3O2/c1-2-3-8(6-13)4-5-14-7-9(10,11)12/h8,13H,2-7H2,1H3. The summed E-state index contributed by atoms with van der Waals surface area (Å²) in [7, 11) is 0. The molecule has 14 heavy (non-hydrogen) atoms. The van der Waals surface area contributed by atoms with Gasteiger partial charge in [0.25, 0.3) is 0 Å². The molecule has 2 nitrogen and oxygen atoms in total. The van der Waals surface area contributed by atoms with Crippen molar-refractivity contribution in [3.8, 4) is 0 Å². The van der Waals surface area contributed by atoms with Crippen LogP contribution in [0, 0.1) is 5.92 Å². The molecule has 1 N–H and O–H groups in total. The fourth-order valence-electron chi connectivity index (χ4n) is 1.17. The maximum atomic E-state index is 11.6. The Bertz CT molecular complexity index is 137. The summed E-state index contributed by atoms with van der Waals surface area (Å²) in [6.07, 6.45) is -2.02. The van der Waals surface area contributed by atoms with Gasteiger partial charge in [0.1, 0.15) is 6.61 Å². The van der Waals surface area contributed by atoms with Gasteiger partial charge in [0.05, 0.1) is 0 Å². The summed E-state index contributed by atoms with van der Waals surface area (Å²) >= 11 is 0. The van der Waals surface area contributed by atoms with Crippen LogP contribution in [-0.2, 0) is 4.74 Å². The fraction of sp³-hybridized carbons (Fsp3) is 1.00. The van der Waals surface area contributed by atoms with E-state index in [-0.39, 0.29) is 19.1 Å². The zero-order valence-corrected chi connectivity index (χ0v) is 8.31. The van der Waals surface area contributed by atoms with Gasteiger partial charge in [-0.3, -0.25) is 0 Å². The normalized spacial score (nSPS) is 14.4. The van der Waals surface area contributed by atoms with E-state index in [2.05, 4.69) is 4.74 Å². The van der Waals surface area contributed by atoms with Crippen molar-refractivity contribution < 1.29 is 23.0 Å². The average molecular weight is 214 g/mol. The molecular weight excluding hydrogens is 197 g/mol. The van der Waals surface area contributed by atoms with Gasteiger partial charge in [-0.05, 0) is 18.8 Å². The van der Waals surface area contributed by atoms with E-state index in [0.717, 1.165) is 12.8 Å². The molecule has 0 bridgehead atoms. The number of alkyl halides is 3. The predicted octanol–water partition coefficient (Wildman–Crippen LogP) is 2.36. The number of rotatable bonds is 7. The molecule has 86 valence electrons. The maximum absolute atomic E-state index is 11.6. The molecule has 0 fully saturated rings. The van der Waals surface area contributed by atoms with Gasteiger partial charge in [-0.15, -0.1) is 0 Å². The topological polar surface area (TPSA) is 29.5 Å². The van der Waals surface area contributed by atoms with Gasteiger partial charge in [-0.1, -0.05) is 13.3 Å². The summed E-state index contributed by atoms with van der Waals surface area (Å²) in [6.45, 7) is 0.852. The quantitative estimate of drug-likeness (QED) is 0.659. The summed E-state index contributed by atoms with van der Waals surface area (Å²) in [5, 5.41) is 8.84. The van der Waals surface area contributed by atoms with Crippen LogP contribution in [-0.4, -0.2) is 31.1 Å². The molecular formula is C9H17F3O2. The first-order valence-corrected chi connectivity index (χ1v) is 4.75. The van der Waals surface area contributed by atoms with Crippen LogP contribution >= 0.6 is 0 Å². The summed E-state index contributed by atoms with van der Waals surface area (Å²) in [5.41, 5.74) is 0. The number of halogens is 3. The van der Waals surface area contributed by atoms with Gasteiger partial charge >= 0.3 is 6.18 Å². The van der Waals surface area contributed by atoms with E-state index in [4.69, 9.17) is 5.11 Å². The third-order valence-electron chi connectivity index (χ3n) is 1.89. The van der Waals surface area contributed by atoms with Crippen LogP contribution in [0.4, 0.5) is 13.2 Å². The Balaban J connectivity index is 3.42. The first kappa shape index (κ1) is 13.7. The van der Waals surface area contributed by atoms with E-state index in [1.807, 2.05) is 6.92 Å². The molecule has 1 unspecified atom stereocenters. The minimum absolute atomic E-state index is 0.0171. The lowest BCUT2D eigenvalue weighted by molar-refractivity contribution is -0.174. The maximum Gasteiger partial charge on any atom is 0.411 e. The number of ether oxygens (including phenoxy) is 1. The van der Waals surface area contributed by atoms with E-state index >= 15 is 0 Å². The van der Waals surface area contributed by atoms with E-state index in [1.54, 1.807) is 0 Å². The molecule has 0 aromatic rings. The molecule has 0 aliphatic heterocycles. The predicted molar refractivity (Wildman–Crippen MR) is 47.0 cm³/mol. The van der Waals surface area contributed by atoms with Crippen molar-refractivity contribution in [2.24, 2.45) is 5.92 Å². The summed E-state index contributed by atoms with van der Waals surface area (Å²) < 4.78 is 39.3. The van der Waals surface area contributed by atoms with Crippen LogP contribution in [0.1, 0.15) is 26.2 Å². The number of aliphatic hydroxyl groups excluding tert-OH is 1. The zero-order chi connectivity index (χ0) is 11.0. The van der Waals surface area contributed by atoms with E-state index < -0.39 is 12.8 Å². The van der Waals surface area contributed by atoms with Gasteiger partial charge < -0.3 is 9.84 Å². The van der Waals surface area contributed by atoms with Crippen molar-refractivity contribution >= 4 is 0 Å². The largest absolute Gasteiger partial charge is 0.411 e. The second-order valence-corrected chi connectivity index (χ2v) is 3.29. The van der Waals surface area contributed by atoms with Crippen molar-refractivity contribution in [3.63, 3.8) is 0 Å². The molecule has 0 aromatic carbocycles. The Labute approximate surface area is 82.1 Å². The molecule has 0 rings (SSSR count). The monoisotopic (exact) mass is 214 g/mol. The van der Waals surface area contributed by atoms with Gasteiger partial charge in [-0.2, -0.15) is 13.2 Å². The molecule has 0 saturated heterocycles. The third kappa shape index (κ3) is 8.31. The molecule has 0 saturated carbocycles. The molecule has 0 radical (unpaired) electrons. The van der Waals surface area contributed by atoms with Crippen molar-refractivity contribution in [1.29, 1.82) is 0 Å². The Morgan fingerprint density at radius 3 is 2.36 bits per heavy atom. The van der Waals surface area contributed by atoms with E-state index in [9.17, 15) is 13.2 Å². The van der Waals surface area contributed by atoms with Gasteiger partial charge in [0.2, 0.25) is 0 Å². The Kier molecular flexibility index (Phi) is 6.92. The van der Waals surface area contributed by atoms with Crippen molar-refractivity contribution in [2.75, 3.05) is 19.8 Å². The minimum atomic E-state index is -4.25. The molecule has 0 amide bonds. The number of aliphatic hydroxyl groups is 1. The van der Waals surface area contributed by atoms with Gasteiger partial charge in [0.15, 0.2) is 0 Å². The van der Waals surface area contributed by atoms with Gasteiger partial charge in [-0.25, -0.2) is 0 Å². The van der Waals surface area contributed by atoms with Crippen LogP contribution in [0.2, 0.25) is 0 Å². The first-order chi connectivity index (χ1) is 6.49. The fourth-order valence-corrected chi connectivity index (χ4v) is 1.17. The Hall–Kier alpha value is -0.290. The SMILES string of the molecule is CCCC(CO)CCOCC(F)(F)F. The van der Waals surface area contributed by atoms with Crippen LogP contribution in [0.25, 0.3) is 0 Å². The highest BCUT2D eigenvalue weighted by Crippen LogP contribution is 2.15. The van der Waals surface area contributed by atoms with Crippen LogP contribution in [0.5, 0.6) is 0 Å². The van der Waals surface area contributed by atoms with Gasteiger partial charge in [0, 0.05) is 13.2 Å². The Morgan fingerprint density at radius 1 is 1.29 bits per heavy atom. The third-order valence-corrected chi connectivity index (χ3v) is 1.89. The highest BCUT2D eigenvalue weighted by Gasteiger charge is 2.27. The lowest BCUT2D eigenvalue weighted by Crippen LogP contribution is -2.19. The smallest absolute Gasteiger partial charge is 0.396 e. The molecule has 0 aliphatic rings. The molecule has 0 spiro atoms. The average Bonchev–Trinajstić information content (AvgIpc) is 2.08. The number of hydrogen-bond acceptors (Lipinski definition) is 2. The zero-order valence-electron chi connectivity index (χ0n) is 8.31. The van der Waals surface area contributed by atoms with Crippen molar-refractivity contribution in [1.82, 2.24) is 0 Å². The minimum Gasteiger partial charge on any atom is -0.396 e. The highest BCUT2D eigenvalue weighted by atomic mass is 19.4. The van der Waals surface area contributed by atoms with Crippen LogP contribution in [0.15, 0.2) is 0 Å². The summed E-state index contributed by atoms with van der Waals surface area (Å²) in [5.74, 6) is 0.0632. The van der Waals surface area contributed by atoms with Crippen LogP contribution < -0.4 is 0 Å². The van der Waals surface area contributed by atoms with Crippen molar-refractivity contribution in [3.05, 3.63) is 0 Å². The molecule has 0 heterocycles. The lowest BCUT2D eigenvalue weighted by atomic mass is 10.0. The summed E-state index contributed by atoms with van der Waals surface area (Å²) in [4.78, 5) is 0. The van der Waals surface area contributed by atoms with Crippen LogP contribution in [0.3, 0.4) is 0 Å². The van der Waals surface area contributed by atoms with E-state index in [0.29, 0.717) is 6.42 Å². The molecule has 0 aliphatic carbocycles. The first-order valence-electron chi connectivity index (χ1n) is 4.75. The van der Waals surface area contributed by atoms with E-state index in [1.165, 1.54) is 0 Å². The number of hydrogen-bond donors (Lipinski definition) is 1. The summed E-state index contributed by atoms with van der Waals surface area (Å²) in [6, 6.07) is 0. The molecule has 0 aromatic heterocycles. The second-order valence-electron chi connectivity index (χ2n) is 3.29. The second kappa shape index (κ2) is 7.06. The highest BCUT2D eigenvalue weighted by molar-refractivity contribution is 4.56. The Morgan fingerprint density at radius 2 is 1.93 bits per heavy atom.